The molecule has 0 saturated heterocycles. The first-order chi connectivity index (χ1) is 16.4. The maximum absolute atomic E-state index is 12.2. The highest BCUT2D eigenvalue weighted by Gasteiger charge is 2.15. The number of nitrogens with zero attached hydrogens (tertiary/aromatic N) is 4. The summed E-state index contributed by atoms with van der Waals surface area (Å²) in [4.78, 5) is 44.5. The lowest BCUT2D eigenvalue weighted by Gasteiger charge is -2.06. The Kier molecular flexibility index (Phi) is 6.53. The number of hydrogen-bond acceptors (Lipinski definition) is 11. The van der Waals surface area contributed by atoms with Crippen molar-refractivity contribution < 1.29 is 32.9 Å². The highest BCUT2D eigenvalue weighted by Crippen LogP contribution is 2.19. The molecule has 0 aliphatic carbocycles. The third-order valence-electron chi connectivity index (χ3n) is 4.52. The van der Waals surface area contributed by atoms with Gasteiger partial charge in [0.15, 0.2) is 24.9 Å². The zero-order valence-electron chi connectivity index (χ0n) is 18.2. The van der Waals surface area contributed by atoms with Crippen LogP contribution in [0.4, 0.5) is 0 Å². The van der Waals surface area contributed by atoms with Crippen LogP contribution in [0.15, 0.2) is 57.6 Å². The second-order valence-corrected chi connectivity index (χ2v) is 7.14. The van der Waals surface area contributed by atoms with Crippen LogP contribution >= 0.6 is 0 Å². The Hall–Kier alpha value is -4.67. The topological polar surface area (TPSA) is 148 Å². The maximum Gasteiger partial charge on any atom is 0.338 e. The number of Topliss-reactive ketones (excluding diaryl/α,β-unsaturated/α-hetero) is 1. The summed E-state index contributed by atoms with van der Waals surface area (Å²) in [5.74, 6) is -0.318. The fraction of sp³-hybridized carbons (Fsp3) is 0.174. The highest BCUT2D eigenvalue weighted by atomic mass is 16.6. The van der Waals surface area contributed by atoms with Crippen LogP contribution < -0.4 is 0 Å². The van der Waals surface area contributed by atoms with Gasteiger partial charge in [-0.3, -0.25) is 4.79 Å². The summed E-state index contributed by atoms with van der Waals surface area (Å²) < 4.78 is 20.1. The highest BCUT2D eigenvalue weighted by molar-refractivity contribution is 5.94. The van der Waals surface area contributed by atoms with Crippen LogP contribution in [0.5, 0.6) is 0 Å². The van der Waals surface area contributed by atoms with E-state index in [0.717, 1.165) is 0 Å². The summed E-state index contributed by atoms with van der Waals surface area (Å²) >= 11 is 0. The number of esters is 2. The number of carbonyl (C=O) groups is 3. The Morgan fingerprint density at radius 2 is 1.06 bits per heavy atom. The molecule has 2 aromatic heterocycles. The minimum absolute atomic E-state index is 0.237. The lowest BCUT2D eigenvalue weighted by Crippen LogP contribution is -2.20. The molecule has 0 saturated carbocycles. The SMILES string of the molecule is Cc1noc(-c2ccc(C(=O)OCC(=O)COC(=O)c3ccc(-c4nc(C)no4)cc3)cc2)n1. The Morgan fingerprint density at radius 3 is 1.38 bits per heavy atom. The molecule has 11 nitrogen and oxygen atoms in total. The largest absolute Gasteiger partial charge is 0.454 e. The Bertz CT molecular complexity index is 1220. The zero-order chi connectivity index (χ0) is 24.1. The second kappa shape index (κ2) is 9.86. The van der Waals surface area contributed by atoms with Crippen LogP contribution in [0.1, 0.15) is 32.4 Å². The average molecular weight is 462 g/mol. The summed E-state index contributed by atoms with van der Waals surface area (Å²) in [5, 5.41) is 7.41. The van der Waals surface area contributed by atoms with Gasteiger partial charge < -0.3 is 18.5 Å². The van der Waals surface area contributed by atoms with Gasteiger partial charge in [0, 0.05) is 11.1 Å². The molecule has 0 spiro atoms. The Balaban J connectivity index is 1.23. The van der Waals surface area contributed by atoms with E-state index in [1.807, 2.05) is 0 Å². The summed E-state index contributed by atoms with van der Waals surface area (Å²) in [6.07, 6.45) is 0. The van der Waals surface area contributed by atoms with E-state index < -0.39 is 30.9 Å². The van der Waals surface area contributed by atoms with Crippen LogP contribution in [0.2, 0.25) is 0 Å². The van der Waals surface area contributed by atoms with E-state index in [9.17, 15) is 14.4 Å². The molecule has 0 atom stereocenters. The fourth-order valence-electron chi connectivity index (χ4n) is 2.83. The van der Waals surface area contributed by atoms with Gasteiger partial charge in [0.25, 0.3) is 11.8 Å². The molecule has 0 bridgehead atoms. The van der Waals surface area contributed by atoms with Gasteiger partial charge in [0.05, 0.1) is 11.1 Å². The van der Waals surface area contributed by atoms with Gasteiger partial charge in [-0.1, -0.05) is 10.3 Å². The molecule has 4 aromatic rings. The van der Waals surface area contributed by atoms with Crippen molar-refractivity contribution >= 4 is 17.7 Å². The Morgan fingerprint density at radius 1 is 0.676 bits per heavy atom. The van der Waals surface area contributed by atoms with Gasteiger partial charge in [0.1, 0.15) is 0 Å². The first-order valence-electron chi connectivity index (χ1n) is 10.1. The van der Waals surface area contributed by atoms with Crippen LogP contribution in [0.25, 0.3) is 22.9 Å². The molecule has 0 aliphatic rings. The van der Waals surface area contributed by atoms with E-state index in [0.29, 0.717) is 34.6 Å². The van der Waals surface area contributed by atoms with E-state index in [1.165, 1.54) is 24.3 Å². The normalized spacial score (nSPS) is 10.6. The van der Waals surface area contributed by atoms with Gasteiger partial charge in [-0.2, -0.15) is 9.97 Å². The smallest absolute Gasteiger partial charge is 0.338 e. The van der Waals surface area contributed by atoms with Gasteiger partial charge in [-0.25, -0.2) is 9.59 Å². The van der Waals surface area contributed by atoms with Gasteiger partial charge in [-0.15, -0.1) is 0 Å². The van der Waals surface area contributed by atoms with Gasteiger partial charge >= 0.3 is 11.9 Å². The molecule has 11 heteroatoms. The van der Waals surface area contributed by atoms with Crippen molar-refractivity contribution in [2.24, 2.45) is 0 Å². The van der Waals surface area contributed by atoms with Crippen molar-refractivity contribution in [3.05, 3.63) is 71.3 Å². The molecule has 2 aromatic carbocycles. The number of benzene rings is 2. The van der Waals surface area contributed by atoms with Crippen LogP contribution in [-0.2, 0) is 14.3 Å². The van der Waals surface area contributed by atoms with E-state index in [-0.39, 0.29) is 11.1 Å². The van der Waals surface area contributed by atoms with E-state index in [4.69, 9.17) is 18.5 Å². The molecule has 4 rings (SSSR count). The summed E-state index contributed by atoms with van der Waals surface area (Å²) in [6, 6.07) is 12.6. The van der Waals surface area contributed by atoms with Gasteiger partial charge in [-0.05, 0) is 62.4 Å². The van der Waals surface area contributed by atoms with Crippen LogP contribution in [-0.4, -0.2) is 51.2 Å². The molecular weight excluding hydrogens is 444 g/mol. The van der Waals surface area contributed by atoms with E-state index in [2.05, 4.69) is 20.3 Å². The van der Waals surface area contributed by atoms with E-state index >= 15 is 0 Å². The quantitative estimate of drug-likeness (QED) is 0.356. The van der Waals surface area contributed by atoms with Crippen molar-refractivity contribution in [2.75, 3.05) is 13.2 Å². The molecule has 0 amide bonds. The molecule has 0 aliphatic heterocycles. The minimum atomic E-state index is -0.695. The van der Waals surface area contributed by atoms with Crippen molar-refractivity contribution in [3.63, 3.8) is 0 Å². The molecule has 2 heterocycles. The lowest BCUT2D eigenvalue weighted by atomic mass is 10.1. The van der Waals surface area contributed by atoms with Crippen molar-refractivity contribution in [2.45, 2.75) is 13.8 Å². The average Bonchev–Trinajstić information content (AvgIpc) is 3.49. The molecular formula is C23H18N4O7. The minimum Gasteiger partial charge on any atom is -0.454 e. The second-order valence-electron chi connectivity index (χ2n) is 7.14. The monoisotopic (exact) mass is 462 g/mol. The molecule has 172 valence electrons. The van der Waals surface area contributed by atoms with Crippen molar-refractivity contribution in [1.82, 2.24) is 20.3 Å². The third-order valence-corrected chi connectivity index (χ3v) is 4.52. The number of rotatable bonds is 8. The predicted molar refractivity (Wildman–Crippen MR) is 115 cm³/mol. The summed E-state index contributed by atoms with van der Waals surface area (Å²) in [7, 11) is 0. The molecule has 0 radical (unpaired) electrons. The number of ketones is 1. The van der Waals surface area contributed by atoms with Crippen molar-refractivity contribution in [1.29, 1.82) is 0 Å². The summed E-state index contributed by atoms with van der Waals surface area (Å²) in [6.45, 7) is 2.32. The zero-order valence-corrected chi connectivity index (χ0v) is 18.2. The molecule has 0 fully saturated rings. The van der Waals surface area contributed by atoms with Crippen LogP contribution in [0.3, 0.4) is 0 Å². The van der Waals surface area contributed by atoms with Crippen molar-refractivity contribution in [3.8, 4) is 22.9 Å². The number of ether oxygens (including phenoxy) is 2. The summed E-state index contributed by atoms with van der Waals surface area (Å²) in [5.41, 5.74) is 1.75. The number of aromatic nitrogens is 4. The first kappa shape index (κ1) is 22.5. The molecule has 0 N–H and O–H groups in total. The first-order valence-corrected chi connectivity index (χ1v) is 10.1. The third kappa shape index (κ3) is 5.38. The predicted octanol–water partition coefficient (Wildman–Crippen LogP) is 2.99. The fourth-order valence-corrected chi connectivity index (χ4v) is 2.83. The Labute approximate surface area is 192 Å². The number of aryl methyl sites for hydroxylation is 2. The number of carbonyl (C=O) groups excluding carboxylic acids is 3. The number of hydrogen-bond donors (Lipinski definition) is 0. The molecule has 0 unspecified atom stereocenters. The van der Waals surface area contributed by atoms with Gasteiger partial charge in [0.2, 0.25) is 5.78 Å². The maximum atomic E-state index is 12.2. The standard InChI is InChI=1S/C23H18N4O7/c1-13-24-20(33-26-13)15-3-7-17(8-4-15)22(29)31-11-19(28)12-32-23(30)18-9-5-16(6-10-18)21-25-14(2)27-34-21/h3-10H,11-12H2,1-2H3. The lowest BCUT2D eigenvalue weighted by molar-refractivity contribution is -0.125. The van der Waals surface area contributed by atoms with Crippen LogP contribution in [0, 0.1) is 13.8 Å². The van der Waals surface area contributed by atoms with E-state index in [1.54, 1.807) is 38.1 Å². The molecule has 34 heavy (non-hydrogen) atoms.